The first-order valence-corrected chi connectivity index (χ1v) is 9.37. The summed E-state index contributed by atoms with van der Waals surface area (Å²) in [4.78, 5) is 21.4. The summed E-state index contributed by atoms with van der Waals surface area (Å²) in [5.74, 6) is 1.85. The van der Waals surface area contributed by atoms with Gasteiger partial charge in [-0.3, -0.25) is 4.79 Å². The molecule has 0 bridgehead atoms. The lowest BCUT2D eigenvalue weighted by Crippen LogP contribution is -2.39. The van der Waals surface area contributed by atoms with Crippen LogP contribution < -0.4 is 0 Å². The summed E-state index contributed by atoms with van der Waals surface area (Å²) in [6.45, 7) is 7.38. The van der Waals surface area contributed by atoms with E-state index in [9.17, 15) is 4.79 Å². The highest BCUT2D eigenvalue weighted by molar-refractivity contribution is 5.91. The minimum absolute atomic E-state index is 0.0690. The van der Waals surface area contributed by atoms with Crippen LogP contribution >= 0.6 is 0 Å². The Morgan fingerprint density at radius 2 is 2.23 bits per heavy atom. The topological polar surface area (TPSA) is 67.4 Å². The summed E-state index contributed by atoms with van der Waals surface area (Å²) in [5.41, 5.74) is 0.820. The maximum absolute atomic E-state index is 12.8. The first-order valence-electron chi connectivity index (χ1n) is 9.37. The Morgan fingerprint density at radius 1 is 1.42 bits per heavy atom. The van der Waals surface area contributed by atoms with E-state index in [-0.39, 0.29) is 17.7 Å². The summed E-state index contributed by atoms with van der Waals surface area (Å²) in [6.07, 6.45) is 5.92. The molecule has 2 aromatic rings. The van der Waals surface area contributed by atoms with Crippen LogP contribution in [0.1, 0.15) is 60.6 Å². The van der Waals surface area contributed by atoms with Crippen LogP contribution in [0.5, 0.6) is 0 Å². The molecule has 3 heterocycles. The number of likely N-dealkylation sites (N-methyl/N-ethyl adjacent to an activating group) is 1. The van der Waals surface area contributed by atoms with Gasteiger partial charge in [-0.15, -0.1) is 0 Å². The number of piperidine rings is 1. The number of imidazole rings is 1. The first-order chi connectivity index (χ1) is 12.5. The van der Waals surface area contributed by atoms with Gasteiger partial charge >= 0.3 is 0 Å². The summed E-state index contributed by atoms with van der Waals surface area (Å²) in [6, 6.07) is 1.77. The van der Waals surface area contributed by atoms with E-state index in [1.54, 1.807) is 6.07 Å². The molecule has 0 unspecified atom stereocenters. The molecular formula is C19H29N5O2. The average molecular weight is 359 g/mol. The van der Waals surface area contributed by atoms with Gasteiger partial charge < -0.3 is 18.9 Å². The third-order valence-electron chi connectivity index (χ3n) is 4.94. The highest BCUT2D eigenvalue weighted by Gasteiger charge is 2.29. The number of carbonyl (C=O) groups excluding carboxylic acids is 1. The van der Waals surface area contributed by atoms with E-state index in [0.717, 1.165) is 44.0 Å². The molecule has 0 aliphatic carbocycles. The largest absolute Gasteiger partial charge is 0.351 e. The zero-order valence-electron chi connectivity index (χ0n) is 16.2. The molecule has 1 aliphatic rings. The Hall–Kier alpha value is -2.15. The Labute approximate surface area is 155 Å². The van der Waals surface area contributed by atoms with E-state index in [4.69, 9.17) is 4.52 Å². The van der Waals surface area contributed by atoms with Crippen molar-refractivity contribution in [3.8, 4) is 0 Å². The molecule has 0 radical (unpaired) electrons. The number of nitrogens with zero attached hydrogens (tertiary/aromatic N) is 5. The number of aromatic nitrogens is 3. The molecule has 0 N–H and O–H groups in total. The second kappa shape index (κ2) is 8.03. The molecule has 0 saturated carbocycles. The van der Waals surface area contributed by atoms with Gasteiger partial charge in [-0.1, -0.05) is 19.0 Å². The molecule has 7 heteroatoms. The molecule has 1 saturated heterocycles. The maximum atomic E-state index is 12.8. The van der Waals surface area contributed by atoms with Gasteiger partial charge in [-0.2, -0.15) is 0 Å². The van der Waals surface area contributed by atoms with Crippen molar-refractivity contribution in [1.29, 1.82) is 0 Å². The van der Waals surface area contributed by atoms with E-state index in [1.165, 1.54) is 0 Å². The average Bonchev–Trinajstić information content (AvgIpc) is 3.29. The van der Waals surface area contributed by atoms with Gasteiger partial charge in [-0.05, 0) is 32.9 Å². The second-order valence-corrected chi connectivity index (χ2v) is 7.64. The molecule has 7 nitrogen and oxygen atoms in total. The zero-order chi connectivity index (χ0) is 18.7. The van der Waals surface area contributed by atoms with Crippen LogP contribution in [0.25, 0.3) is 0 Å². The first kappa shape index (κ1) is 18.6. The number of hydrogen-bond acceptors (Lipinski definition) is 5. The van der Waals surface area contributed by atoms with Gasteiger partial charge in [-0.25, -0.2) is 4.98 Å². The van der Waals surface area contributed by atoms with Crippen molar-refractivity contribution in [2.45, 2.75) is 45.1 Å². The third kappa shape index (κ3) is 4.15. The molecule has 1 atom stereocenters. The monoisotopic (exact) mass is 359 g/mol. The lowest BCUT2D eigenvalue weighted by atomic mass is 9.96. The summed E-state index contributed by atoms with van der Waals surface area (Å²) < 4.78 is 7.50. The molecule has 1 amide bonds. The van der Waals surface area contributed by atoms with Crippen LogP contribution in [-0.2, 0) is 6.54 Å². The summed E-state index contributed by atoms with van der Waals surface area (Å²) >= 11 is 0. The van der Waals surface area contributed by atoms with Crippen LogP contribution in [0.2, 0.25) is 0 Å². The Balaban J connectivity index is 1.69. The van der Waals surface area contributed by atoms with E-state index in [2.05, 4.69) is 33.7 Å². The molecule has 1 aliphatic heterocycles. The van der Waals surface area contributed by atoms with Crippen LogP contribution in [0, 0.1) is 0 Å². The molecule has 2 aromatic heterocycles. The fourth-order valence-electron chi connectivity index (χ4n) is 3.37. The SMILES string of the molecule is CC(C)c1cc(C(=O)N2CCC[C@@H](c3nccn3CCN(C)C)C2)on1. The predicted molar refractivity (Wildman–Crippen MR) is 99.3 cm³/mol. The molecule has 26 heavy (non-hydrogen) atoms. The standard InChI is InChI=1S/C19H29N5O2/c1-14(2)16-12-17(26-21-16)19(25)24-8-5-6-15(13-24)18-20-7-9-23(18)11-10-22(3)4/h7,9,12,14-15H,5-6,8,10-11,13H2,1-4H3/t15-/m1/s1. The van der Waals surface area contributed by atoms with Gasteiger partial charge in [0.2, 0.25) is 5.76 Å². The third-order valence-corrected chi connectivity index (χ3v) is 4.94. The lowest BCUT2D eigenvalue weighted by Gasteiger charge is -2.32. The van der Waals surface area contributed by atoms with E-state index in [0.29, 0.717) is 12.3 Å². The van der Waals surface area contributed by atoms with Gasteiger partial charge in [0.25, 0.3) is 5.91 Å². The molecule has 0 aromatic carbocycles. The number of amides is 1. The Kier molecular flexibility index (Phi) is 5.76. The quantitative estimate of drug-likeness (QED) is 0.793. The van der Waals surface area contributed by atoms with Crippen molar-refractivity contribution < 1.29 is 9.32 Å². The predicted octanol–water partition coefficient (Wildman–Crippen LogP) is 2.58. The summed E-state index contributed by atoms with van der Waals surface area (Å²) in [7, 11) is 4.14. The van der Waals surface area contributed by atoms with Gasteiger partial charge in [0.1, 0.15) is 5.82 Å². The summed E-state index contributed by atoms with van der Waals surface area (Å²) in [5, 5.41) is 4.01. The van der Waals surface area contributed by atoms with Crippen molar-refractivity contribution in [1.82, 2.24) is 24.5 Å². The molecule has 3 rings (SSSR count). The Morgan fingerprint density at radius 3 is 2.92 bits per heavy atom. The molecule has 1 fully saturated rings. The van der Waals surface area contributed by atoms with Crippen LogP contribution in [-0.4, -0.2) is 64.1 Å². The van der Waals surface area contributed by atoms with E-state index < -0.39 is 0 Å². The van der Waals surface area contributed by atoms with Crippen LogP contribution in [0.15, 0.2) is 23.0 Å². The van der Waals surface area contributed by atoms with Crippen LogP contribution in [0.4, 0.5) is 0 Å². The minimum atomic E-state index is -0.0690. The van der Waals surface area contributed by atoms with Crippen molar-refractivity contribution in [3.63, 3.8) is 0 Å². The Bertz CT molecular complexity index is 734. The highest BCUT2D eigenvalue weighted by Crippen LogP contribution is 2.27. The van der Waals surface area contributed by atoms with Gasteiger partial charge in [0, 0.05) is 50.6 Å². The van der Waals surface area contributed by atoms with Crippen molar-refractivity contribution in [3.05, 3.63) is 35.7 Å². The molecular weight excluding hydrogens is 330 g/mol. The fraction of sp³-hybridized carbons (Fsp3) is 0.632. The molecule has 142 valence electrons. The maximum Gasteiger partial charge on any atom is 0.292 e. The zero-order valence-corrected chi connectivity index (χ0v) is 16.2. The van der Waals surface area contributed by atoms with Gasteiger partial charge in [0.15, 0.2) is 0 Å². The lowest BCUT2D eigenvalue weighted by molar-refractivity contribution is 0.0661. The number of hydrogen-bond donors (Lipinski definition) is 0. The second-order valence-electron chi connectivity index (χ2n) is 7.64. The minimum Gasteiger partial charge on any atom is -0.351 e. The van der Waals surface area contributed by atoms with E-state index >= 15 is 0 Å². The normalized spacial score (nSPS) is 18.1. The number of carbonyl (C=O) groups is 1. The molecule has 0 spiro atoms. The highest BCUT2D eigenvalue weighted by atomic mass is 16.5. The van der Waals surface area contributed by atoms with Crippen molar-refractivity contribution >= 4 is 5.91 Å². The van der Waals surface area contributed by atoms with Crippen LogP contribution in [0.3, 0.4) is 0 Å². The fourth-order valence-corrected chi connectivity index (χ4v) is 3.37. The smallest absolute Gasteiger partial charge is 0.292 e. The van der Waals surface area contributed by atoms with Crippen molar-refractivity contribution in [2.75, 3.05) is 33.7 Å². The van der Waals surface area contributed by atoms with E-state index in [1.807, 2.05) is 31.1 Å². The van der Waals surface area contributed by atoms with Gasteiger partial charge in [0.05, 0.1) is 5.69 Å². The number of likely N-dealkylation sites (tertiary alicyclic amines) is 1. The van der Waals surface area contributed by atoms with Crippen molar-refractivity contribution in [2.24, 2.45) is 0 Å². The number of rotatable bonds is 6.